The van der Waals surface area contributed by atoms with Crippen LogP contribution >= 0.6 is 0 Å². The summed E-state index contributed by atoms with van der Waals surface area (Å²) in [5.74, 6) is -1.07. The Balaban J connectivity index is 1.66. The summed E-state index contributed by atoms with van der Waals surface area (Å²) in [6.45, 7) is 8.86. The first-order valence-corrected chi connectivity index (χ1v) is 15.3. The van der Waals surface area contributed by atoms with Crippen LogP contribution in [0.1, 0.15) is 71.2 Å². The zero-order chi connectivity index (χ0) is 32.3. The zero-order valence-electron chi connectivity index (χ0n) is 25.0. The molecular weight excluding hydrogens is 595 g/mol. The lowest BCUT2D eigenvalue weighted by atomic mass is 9.78. The third kappa shape index (κ3) is 6.54. The van der Waals surface area contributed by atoms with E-state index in [1.54, 1.807) is 20.8 Å². The van der Waals surface area contributed by atoms with Gasteiger partial charge in [0.25, 0.3) is 0 Å². The lowest BCUT2D eigenvalue weighted by molar-refractivity contribution is -0.143. The van der Waals surface area contributed by atoms with Gasteiger partial charge < -0.3 is 20.1 Å². The Labute approximate surface area is 248 Å². The van der Waals surface area contributed by atoms with Crippen LogP contribution in [0, 0.1) is 11.3 Å². The summed E-state index contributed by atoms with van der Waals surface area (Å²) in [5.41, 5.74) is -3.71. The summed E-state index contributed by atoms with van der Waals surface area (Å²) in [7, 11) is -4.59. The fourth-order valence-electron chi connectivity index (χ4n) is 6.33. The molecule has 3 heterocycles. The van der Waals surface area contributed by atoms with Crippen molar-refractivity contribution in [1.29, 1.82) is 0 Å². The smallest absolute Gasteiger partial charge is 0.422 e. The molecule has 0 unspecified atom stereocenters. The topological polar surface area (TPSA) is 149 Å². The molecule has 4 rings (SSSR count). The minimum absolute atomic E-state index is 0.0363. The Morgan fingerprint density at radius 1 is 1.16 bits per heavy atom. The molecule has 2 N–H and O–H groups in total. The summed E-state index contributed by atoms with van der Waals surface area (Å²) >= 11 is 0. The zero-order valence-corrected chi connectivity index (χ0v) is 25.8. The molecule has 1 aromatic rings. The molecule has 1 aliphatic carbocycles. The van der Waals surface area contributed by atoms with Gasteiger partial charge in [0.1, 0.15) is 5.60 Å². The van der Waals surface area contributed by atoms with Crippen LogP contribution in [0.3, 0.4) is 0 Å². The fourth-order valence-corrected chi connectivity index (χ4v) is 8.22. The first-order valence-electron chi connectivity index (χ1n) is 13.9. The predicted octanol–water partition coefficient (Wildman–Crippen LogP) is 3.61. The molecular formula is C27H38F3N5O7S. The Morgan fingerprint density at radius 2 is 1.81 bits per heavy atom. The molecule has 12 nitrogen and oxygen atoms in total. The molecule has 3 aliphatic rings. The van der Waals surface area contributed by atoms with Crippen LogP contribution < -0.4 is 5.32 Å². The minimum atomic E-state index is -4.62. The highest BCUT2D eigenvalue weighted by Gasteiger charge is 2.62. The van der Waals surface area contributed by atoms with Crippen molar-refractivity contribution in [3.63, 3.8) is 0 Å². The summed E-state index contributed by atoms with van der Waals surface area (Å²) in [4.78, 5) is 44.3. The summed E-state index contributed by atoms with van der Waals surface area (Å²) in [6, 6.07) is 0.417. The number of alkyl halides is 3. The van der Waals surface area contributed by atoms with Crippen molar-refractivity contribution in [2.45, 2.75) is 90.7 Å². The Kier molecular flexibility index (Phi) is 8.22. The number of ether oxygens (including phenoxy) is 1. The molecule has 1 saturated heterocycles. The number of aromatic nitrogens is 1. The minimum Gasteiger partial charge on any atom is -0.464 e. The van der Waals surface area contributed by atoms with Crippen LogP contribution in [-0.4, -0.2) is 86.9 Å². The third-order valence-electron chi connectivity index (χ3n) is 7.98. The molecule has 2 aliphatic heterocycles. The van der Waals surface area contributed by atoms with Gasteiger partial charge in [-0.2, -0.15) is 30.2 Å². The number of amides is 3. The number of nitrogens with zero attached hydrogens (tertiary/aromatic N) is 4. The maximum absolute atomic E-state index is 14.3. The van der Waals surface area contributed by atoms with Gasteiger partial charge in [-0.25, -0.2) is 9.59 Å². The normalized spacial score (nSPS) is 24.7. The molecule has 3 atom stereocenters. The van der Waals surface area contributed by atoms with E-state index in [0.29, 0.717) is 10.00 Å². The SMILES string of the molecule is CC(C)(C)OC(=O)N[C@@H]1C[C@H]2CN(S(=O)(=O)N(C(=O)O)C(C)(C)C)C[C@@]2(C(=O)N2CCc3ncc(C(F)(F)F)cc3C2)C1. The van der Waals surface area contributed by atoms with E-state index in [9.17, 15) is 41.1 Å². The van der Waals surface area contributed by atoms with E-state index in [1.165, 1.54) is 25.7 Å². The van der Waals surface area contributed by atoms with Crippen molar-refractivity contribution >= 4 is 28.3 Å². The standard InChI is InChI=1S/C27H38F3N5O7S/c1-24(2,3)35(23(38)39)43(40,41)34-14-18-10-19(32-22(37)42-25(4,5)6)11-26(18,15-34)21(36)33-8-7-20-16(13-33)9-17(12-31-20)27(28,29)30/h9,12,18-19H,7-8,10-11,13-15H2,1-6H3,(H,32,37)(H,38,39)/t18-,19+,26-/m0/s1. The summed E-state index contributed by atoms with van der Waals surface area (Å²) in [6.07, 6.45) is -5.77. The first kappa shape index (κ1) is 32.8. The van der Waals surface area contributed by atoms with Crippen LogP contribution in [-0.2, 0) is 38.9 Å². The molecule has 43 heavy (non-hydrogen) atoms. The lowest BCUT2D eigenvalue weighted by Gasteiger charge is -2.38. The van der Waals surface area contributed by atoms with Gasteiger partial charge in [-0.05, 0) is 71.9 Å². The van der Waals surface area contributed by atoms with E-state index >= 15 is 0 Å². The maximum atomic E-state index is 14.3. The van der Waals surface area contributed by atoms with Gasteiger partial charge in [0.15, 0.2) is 0 Å². The Bertz CT molecular complexity index is 1410. The number of hydrogen-bond acceptors (Lipinski definition) is 7. The van der Waals surface area contributed by atoms with Crippen molar-refractivity contribution in [3.05, 3.63) is 29.1 Å². The number of nitrogens with one attached hydrogen (secondary N) is 1. The van der Waals surface area contributed by atoms with Gasteiger partial charge in [-0.15, -0.1) is 0 Å². The molecule has 1 saturated carbocycles. The fraction of sp³-hybridized carbons (Fsp3) is 0.704. The molecule has 2 fully saturated rings. The van der Waals surface area contributed by atoms with Gasteiger partial charge in [-0.3, -0.25) is 9.78 Å². The van der Waals surface area contributed by atoms with E-state index in [2.05, 4.69) is 10.3 Å². The lowest BCUT2D eigenvalue weighted by Crippen LogP contribution is -2.55. The monoisotopic (exact) mass is 633 g/mol. The summed E-state index contributed by atoms with van der Waals surface area (Å²) < 4.78 is 74.1. The number of rotatable bonds is 4. The van der Waals surface area contributed by atoms with Gasteiger partial charge in [-0.1, -0.05) is 0 Å². The highest BCUT2D eigenvalue weighted by molar-refractivity contribution is 7.87. The number of pyridine rings is 1. The molecule has 0 spiro atoms. The van der Waals surface area contributed by atoms with E-state index in [0.717, 1.165) is 16.6 Å². The second-order valence-electron chi connectivity index (χ2n) is 13.5. The highest BCUT2D eigenvalue weighted by atomic mass is 32.2. The molecule has 0 bridgehead atoms. The van der Waals surface area contributed by atoms with Crippen LogP contribution in [0.15, 0.2) is 12.3 Å². The second kappa shape index (κ2) is 10.8. The number of halogens is 3. The maximum Gasteiger partial charge on any atom is 0.422 e. The highest BCUT2D eigenvalue weighted by Crippen LogP contribution is 2.51. The second-order valence-corrected chi connectivity index (χ2v) is 15.2. The van der Waals surface area contributed by atoms with E-state index in [1.807, 2.05) is 0 Å². The molecule has 0 radical (unpaired) electrons. The molecule has 3 amide bonds. The number of fused-ring (bicyclic) bond motifs is 2. The van der Waals surface area contributed by atoms with Crippen molar-refractivity contribution in [2.75, 3.05) is 19.6 Å². The van der Waals surface area contributed by atoms with E-state index in [-0.39, 0.29) is 51.0 Å². The number of carbonyl (C=O) groups excluding carboxylic acids is 2. The average molecular weight is 634 g/mol. The van der Waals surface area contributed by atoms with Gasteiger partial charge >= 0.3 is 28.6 Å². The summed E-state index contributed by atoms with van der Waals surface area (Å²) in [5, 5.41) is 12.6. The van der Waals surface area contributed by atoms with Crippen LogP contribution in [0.4, 0.5) is 22.8 Å². The first-order chi connectivity index (χ1) is 19.5. The predicted molar refractivity (Wildman–Crippen MR) is 147 cm³/mol. The number of alkyl carbamates (subject to hydrolysis) is 1. The van der Waals surface area contributed by atoms with Crippen molar-refractivity contribution in [3.8, 4) is 0 Å². The third-order valence-corrected chi connectivity index (χ3v) is 10.1. The van der Waals surface area contributed by atoms with Crippen molar-refractivity contribution < 1.29 is 45.8 Å². The largest absolute Gasteiger partial charge is 0.464 e. The molecule has 0 aromatic carbocycles. The molecule has 240 valence electrons. The van der Waals surface area contributed by atoms with Crippen LogP contribution in [0.5, 0.6) is 0 Å². The van der Waals surface area contributed by atoms with E-state index < -0.39 is 68.6 Å². The van der Waals surface area contributed by atoms with Crippen LogP contribution in [0.25, 0.3) is 0 Å². The van der Waals surface area contributed by atoms with Crippen molar-refractivity contribution in [2.24, 2.45) is 11.3 Å². The molecule has 1 aromatic heterocycles. The number of carbonyl (C=O) groups is 3. The van der Waals surface area contributed by atoms with Gasteiger partial charge in [0, 0.05) is 50.5 Å². The Morgan fingerprint density at radius 3 is 2.37 bits per heavy atom. The Hall–Kier alpha value is -3.14. The van der Waals surface area contributed by atoms with E-state index in [4.69, 9.17) is 4.74 Å². The number of carboxylic acid groups (broad SMARTS) is 1. The van der Waals surface area contributed by atoms with Crippen LogP contribution in [0.2, 0.25) is 0 Å². The van der Waals surface area contributed by atoms with Crippen molar-refractivity contribution in [1.82, 2.24) is 23.8 Å². The van der Waals surface area contributed by atoms with Gasteiger partial charge in [0.05, 0.1) is 16.5 Å². The number of hydrogen-bond donors (Lipinski definition) is 2. The average Bonchev–Trinajstić information content (AvgIpc) is 3.35. The molecule has 16 heteroatoms. The quantitative estimate of drug-likeness (QED) is 0.511. The van der Waals surface area contributed by atoms with Gasteiger partial charge in [0.2, 0.25) is 5.91 Å².